The zero-order valence-electron chi connectivity index (χ0n) is 11.2. The van der Waals surface area contributed by atoms with Crippen molar-refractivity contribution in [2.24, 2.45) is 0 Å². The van der Waals surface area contributed by atoms with Gasteiger partial charge in [-0.15, -0.1) is 0 Å². The van der Waals surface area contributed by atoms with Crippen LogP contribution in [-0.2, 0) is 6.54 Å². The molecule has 2 aromatic rings. The standard InChI is InChI=1S/C15H10F3N3O/c16-11-12(13(22)15(18)19-14(11)17)21-7-6-20(9-21)8-10-4-2-1-3-5-10/h1-7,22H,8H2. The molecule has 0 unspecified atom stereocenters. The van der Waals surface area contributed by atoms with Gasteiger partial charge in [0, 0.05) is 18.9 Å². The third kappa shape index (κ3) is 2.57. The van der Waals surface area contributed by atoms with Gasteiger partial charge in [-0.3, -0.25) is 0 Å². The minimum absolute atomic E-state index is 0.437. The van der Waals surface area contributed by atoms with Gasteiger partial charge in [0.1, 0.15) is 5.69 Å². The first-order valence-corrected chi connectivity index (χ1v) is 6.34. The number of benzene rings is 1. The van der Waals surface area contributed by atoms with Gasteiger partial charge < -0.3 is 14.9 Å². The van der Waals surface area contributed by atoms with Gasteiger partial charge in [-0.2, -0.15) is 18.2 Å². The Hall–Kier alpha value is -2.70. The molecule has 0 fully saturated rings. The number of aromatic nitrogens is 1. The molecular formula is C15H10F3N3O. The van der Waals surface area contributed by atoms with Gasteiger partial charge in [0.05, 0.1) is 0 Å². The third-order valence-electron chi connectivity index (χ3n) is 3.07. The van der Waals surface area contributed by atoms with E-state index < -0.39 is 29.1 Å². The first kappa shape index (κ1) is 14.2. The van der Waals surface area contributed by atoms with Crippen molar-refractivity contribution in [3.8, 4) is 5.75 Å². The number of pyridine rings is 1. The Morgan fingerprint density at radius 3 is 2.50 bits per heavy atom. The highest BCUT2D eigenvalue weighted by Gasteiger charge is 2.27. The van der Waals surface area contributed by atoms with Crippen LogP contribution in [0.15, 0.2) is 42.7 Å². The molecule has 1 aliphatic rings. The Kier molecular flexibility index (Phi) is 3.62. The van der Waals surface area contributed by atoms with Crippen LogP contribution in [-0.4, -0.2) is 15.0 Å². The SMILES string of the molecule is Oc1c(F)nc(F)c(F)c1N1[C]N(Cc2ccccc2)C=C1. The van der Waals surface area contributed by atoms with Crippen molar-refractivity contribution in [1.29, 1.82) is 0 Å². The fourth-order valence-corrected chi connectivity index (χ4v) is 2.05. The predicted molar refractivity (Wildman–Crippen MR) is 72.6 cm³/mol. The summed E-state index contributed by atoms with van der Waals surface area (Å²) in [5, 5.41) is 9.56. The molecule has 7 heteroatoms. The summed E-state index contributed by atoms with van der Waals surface area (Å²) in [5.41, 5.74) is 0.301. The zero-order chi connectivity index (χ0) is 15.7. The quantitative estimate of drug-likeness (QED) is 0.885. The lowest BCUT2D eigenvalue weighted by Crippen LogP contribution is -2.20. The van der Waals surface area contributed by atoms with E-state index in [2.05, 4.69) is 11.7 Å². The number of anilines is 1. The van der Waals surface area contributed by atoms with Gasteiger partial charge in [0.2, 0.25) is 12.5 Å². The largest absolute Gasteiger partial charge is 0.502 e. The molecule has 0 saturated carbocycles. The molecule has 2 radical (unpaired) electrons. The summed E-state index contributed by atoms with van der Waals surface area (Å²) in [4.78, 5) is 5.17. The molecule has 1 N–H and O–H groups in total. The second kappa shape index (κ2) is 5.59. The molecular weight excluding hydrogens is 295 g/mol. The van der Waals surface area contributed by atoms with E-state index in [0.717, 1.165) is 10.5 Å². The van der Waals surface area contributed by atoms with Crippen LogP contribution in [0.25, 0.3) is 0 Å². The maximum absolute atomic E-state index is 13.8. The molecule has 4 nitrogen and oxygen atoms in total. The van der Waals surface area contributed by atoms with Crippen molar-refractivity contribution in [3.63, 3.8) is 0 Å². The highest BCUT2D eigenvalue weighted by atomic mass is 19.2. The number of rotatable bonds is 3. The Balaban J connectivity index is 1.81. The second-order valence-corrected chi connectivity index (χ2v) is 4.59. The van der Waals surface area contributed by atoms with Crippen LogP contribution < -0.4 is 4.90 Å². The number of hydrogen-bond acceptors (Lipinski definition) is 4. The summed E-state index contributed by atoms with van der Waals surface area (Å²) < 4.78 is 40.2. The number of aromatic hydroxyl groups is 1. The average Bonchev–Trinajstić information content (AvgIpc) is 2.95. The topological polar surface area (TPSA) is 39.6 Å². The Bertz CT molecular complexity index is 695. The van der Waals surface area contributed by atoms with E-state index in [-0.39, 0.29) is 0 Å². The fourth-order valence-electron chi connectivity index (χ4n) is 2.05. The van der Waals surface area contributed by atoms with Crippen molar-refractivity contribution < 1.29 is 18.3 Å². The van der Waals surface area contributed by atoms with E-state index in [1.165, 1.54) is 6.20 Å². The monoisotopic (exact) mass is 305 g/mol. The van der Waals surface area contributed by atoms with Crippen LogP contribution in [0.4, 0.5) is 18.9 Å². The van der Waals surface area contributed by atoms with Crippen LogP contribution in [0.3, 0.4) is 0 Å². The smallest absolute Gasteiger partial charge is 0.260 e. The lowest BCUT2D eigenvalue weighted by atomic mass is 10.2. The van der Waals surface area contributed by atoms with Crippen LogP contribution in [0.1, 0.15) is 5.56 Å². The maximum Gasteiger partial charge on any atom is 0.260 e. The minimum Gasteiger partial charge on any atom is -0.502 e. The molecule has 1 aliphatic heterocycles. The number of halogens is 3. The molecule has 0 saturated heterocycles. The van der Waals surface area contributed by atoms with E-state index in [9.17, 15) is 18.3 Å². The van der Waals surface area contributed by atoms with Crippen molar-refractivity contribution in [1.82, 2.24) is 9.88 Å². The third-order valence-corrected chi connectivity index (χ3v) is 3.07. The molecule has 2 heterocycles. The lowest BCUT2D eigenvalue weighted by Gasteiger charge is -2.20. The molecule has 22 heavy (non-hydrogen) atoms. The van der Waals surface area contributed by atoms with Crippen LogP contribution in [0, 0.1) is 24.4 Å². The zero-order valence-corrected chi connectivity index (χ0v) is 11.2. The Morgan fingerprint density at radius 2 is 1.77 bits per heavy atom. The molecule has 1 aromatic carbocycles. The van der Waals surface area contributed by atoms with Crippen LogP contribution >= 0.6 is 0 Å². The van der Waals surface area contributed by atoms with Crippen LogP contribution in [0.5, 0.6) is 5.75 Å². The van der Waals surface area contributed by atoms with E-state index in [4.69, 9.17) is 0 Å². The molecule has 0 bridgehead atoms. The van der Waals surface area contributed by atoms with E-state index in [0.29, 0.717) is 6.54 Å². The summed E-state index contributed by atoms with van der Waals surface area (Å²) in [6, 6.07) is 9.39. The van der Waals surface area contributed by atoms with Gasteiger partial charge in [-0.25, -0.2) is 0 Å². The highest BCUT2D eigenvalue weighted by molar-refractivity contribution is 5.62. The first-order valence-electron chi connectivity index (χ1n) is 6.34. The molecule has 0 spiro atoms. The summed E-state index contributed by atoms with van der Waals surface area (Å²) in [6.45, 7) is 3.12. The molecule has 0 aliphatic carbocycles. The van der Waals surface area contributed by atoms with Crippen molar-refractivity contribution in [2.75, 3.05) is 4.90 Å². The molecule has 3 rings (SSSR count). The van der Waals surface area contributed by atoms with E-state index in [1.54, 1.807) is 11.1 Å². The summed E-state index contributed by atoms with van der Waals surface area (Å²) in [6.07, 6.45) is 2.88. The maximum atomic E-state index is 13.8. The van der Waals surface area contributed by atoms with Gasteiger partial charge in [-0.1, -0.05) is 30.3 Å². The lowest BCUT2D eigenvalue weighted by molar-refractivity contribution is 0.383. The fraction of sp³-hybridized carbons (Fsp3) is 0.0667. The van der Waals surface area contributed by atoms with Crippen molar-refractivity contribution in [2.45, 2.75) is 6.54 Å². The molecule has 112 valence electrons. The minimum atomic E-state index is -1.62. The predicted octanol–water partition coefficient (Wildman–Crippen LogP) is 2.99. The van der Waals surface area contributed by atoms with Crippen molar-refractivity contribution in [3.05, 3.63) is 72.7 Å². The Morgan fingerprint density at radius 1 is 1.05 bits per heavy atom. The van der Waals surface area contributed by atoms with Crippen molar-refractivity contribution >= 4 is 5.69 Å². The number of hydrogen-bond donors (Lipinski definition) is 1. The van der Waals surface area contributed by atoms with Gasteiger partial charge in [0.15, 0.2) is 5.75 Å². The second-order valence-electron chi connectivity index (χ2n) is 4.59. The van der Waals surface area contributed by atoms with Gasteiger partial charge in [0.25, 0.3) is 11.9 Å². The van der Waals surface area contributed by atoms with E-state index in [1.807, 2.05) is 30.3 Å². The molecule has 0 amide bonds. The summed E-state index contributed by atoms with van der Waals surface area (Å²) in [5.74, 6) is -5.62. The summed E-state index contributed by atoms with van der Waals surface area (Å²) >= 11 is 0. The van der Waals surface area contributed by atoms with Gasteiger partial charge in [-0.05, 0) is 5.56 Å². The molecule has 1 aromatic heterocycles. The first-order chi connectivity index (χ1) is 10.6. The molecule has 0 atom stereocenters. The number of nitrogens with zero attached hydrogens (tertiary/aromatic N) is 3. The van der Waals surface area contributed by atoms with Gasteiger partial charge >= 0.3 is 0 Å². The van der Waals surface area contributed by atoms with E-state index >= 15 is 0 Å². The Labute approximate surface area is 124 Å². The normalized spacial score (nSPS) is 14.0. The average molecular weight is 305 g/mol. The highest BCUT2D eigenvalue weighted by Crippen LogP contribution is 2.36. The van der Waals surface area contributed by atoms with Crippen LogP contribution in [0.2, 0.25) is 0 Å². The summed E-state index contributed by atoms with van der Waals surface area (Å²) in [7, 11) is 0.